The summed E-state index contributed by atoms with van der Waals surface area (Å²) in [5.74, 6) is 0.757. The molecule has 74 valence electrons. The van der Waals surface area contributed by atoms with Gasteiger partial charge in [-0.2, -0.15) is 0 Å². The summed E-state index contributed by atoms with van der Waals surface area (Å²) in [7, 11) is 0. The molecule has 15 heavy (non-hydrogen) atoms. The fourth-order valence-electron chi connectivity index (χ4n) is 1.38. The van der Waals surface area contributed by atoms with E-state index in [1.54, 1.807) is 28.1 Å². The summed E-state index contributed by atoms with van der Waals surface area (Å²) in [5.41, 5.74) is 0.658. The Morgan fingerprint density at radius 3 is 3.00 bits per heavy atom. The monoisotopic (exact) mass is 236 g/mol. The average molecular weight is 237 g/mol. The van der Waals surface area contributed by atoms with Crippen LogP contribution in [0.5, 0.6) is 0 Å². The third-order valence-electron chi connectivity index (χ3n) is 2.01. The molecule has 0 aliphatic carbocycles. The predicted molar refractivity (Wildman–Crippen MR) is 59.1 cm³/mol. The van der Waals surface area contributed by atoms with E-state index in [1.807, 2.05) is 17.5 Å². The van der Waals surface area contributed by atoms with Crippen LogP contribution < -0.4 is 0 Å². The Kier molecular flexibility index (Phi) is 1.93. The highest BCUT2D eigenvalue weighted by Crippen LogP contribution is 2.25. The molecular formula is C9H5ClN4S. The van der Waals surface area contributed by atoms with Crippen LogP contribution in [0.25, 0.3) is 16.3 Å². The van der Waals surface area contributed by atoms with Crippen molar-refractivity contribution in [1.29, 1.82) is 0 Å². The van der Waals surface area contributed by atoms with Crippen LogP contribution in [0.4, 0.5) is 0 Å². The Labute approximate surface area is 94.2 Å². The summed E-state index contributed by atoms with van der Waals surface area (Å²) in [6.07, 6.45) is 3.21. The van der Waals surface area contributed by atoms with Crippen molar-refractivity contribution in [1.82, 2.24) is 19.6 Å². The maximum absolute atomic E-state index is 6.05. The maximum atomic E-state index is 6.05. The van der Waals surface area contributed by atoms with Crippen molar-refractivity contribution in [3.63, 3.8) is 0 Å². The van der Waals surface area contributed by atoms with Crippen LogP contribution in [0.2, 0.25) is 5.15 Å². The van der Waals surface area contributed by atoms with Gasteiger partial charge in [-0.15, -0.1) is 21.5 Å². The van der Waals surface area contributed by atoms with Gasteiger partial charge in [-0.3, -0.25) is 9.38 Å². The van der Waals surface area contributed by atoms with Gasteiger partial charge in [0.2, 0.25) is 0 Å². The van der Waals surface area contributed by atoms with Gasteiger partial charge in [0.25, 0.3) is 0 Å². The first-order valence-corrected chi connectivity index (χ1v) is 5.50. The van der Waals surface area contributed by atoms with Crippen LogP contribution in [0.3, 0.4) is 0 Å². The molecule has 0 fully saturated rings. The molecule has 6 heteroatoms. The van der Waals surface area contributed by atoms with E-state index in [-0.39, 0.29) is 0 Å². The lowest BCUT2D eigenvalue weighted by Gasteiger charge is -1.98. The first-order valence-electron chi connectivity index (χ1n) is 4.25. The van der Waals surface area contributed by atoms with Gasteiger partial charge < -0.3 is 0 Å². The highest BCUT2D eigenvalue weighted by Gasteiger charge is 2.10. The van der Waals surface area contributed by atoms with E-state index in [9.17, 15) is 0 Å². The molecule has 0 aromatic carbocycles. The molecule has 0 amide bonds. The van der Waals surface area contributed by atoms with Gasteiger partial charge in [-0.1, -0.05) is 17.7 Å². The molecular weight excluding hydrogens is 232 g/mol. The maximum Gasteiger partial charge on any atom is 0.180 e. The number of nitrogens with zero attached hydrogens (tertiary/aromatic N) is 4. The van der Waals surface area contributed by atoms with Crippen molar-refractivity contribution in [3.8, 4) is 10.7 Å². The second-order valence-corrected chi connectivity index (χ2v) is 4.26. The second-order valence-electron chi connectivity index (χ2n) is 2.92. The summed E-state index contributed by atoms with van der Waals surface area (Å²) < 4.78 is 1.78. The molecule has 3 rings (SSSR count). The highest BCUT2D eigenvalue weighted by atomic mass is 35.5. The number of fused-ring (bicyclic) bond motifs is 1. The smallest absolute Gasteiger partial charge is 0.180 e. The molecule has 0 bridgehead atoms. The average Bonchev–Trinajstić information content (AvgIpc) is 2.85. The molecule has 0 N–H and O–H groups in total. The number of halogens is 1. The fourth-order valence-corrected chi connectivity index (χ4v) is 2.30. The molecule has 3 aromatic rings. The number of rotatable bonds is 1. The van der Waals surface area contributed by atoms with Crippen LogP contribution in [-0.2, 0) is 0 Å². The van der Waals surface area contributed by atoms with Gasteiger partial charge in [-0.25, -0.2) is 0 Å². The van der Waals surface area contributed by atoms with Crippen LogP contribution in [0.15, 0.2) is 29.9 Å². The van der Waals surface area contributed by atoms with Crippen LogP contribution in [0, 0.1) is 0 Å². The first-order chi connectivity index (χ1) is 7.36. The molecule has 0 saturated heterocycles. The van der Waals surface area contributed by atoms with Crippen LogP contribution >= 0.6 is 22.9 Å². The topological polar surface area (TPSA) is 43.1 Å². The molecule has 0 aliphatic heterocycles. The minimum absolute atomic E-state index is 0.515. The van der Waals surface area contributed by atoms with Crippen molar-refractivity contribution < 1.29 is 0 Å². The van der Waals surface area contributed by atoms with Crippen molar-refractivity contribution >= 4 is 28.6 Å². The lowest BCUT2D eigenvalue weighted by Crippen LogP contribution is -1.90. The lowest BCUT2D eigenvalue weighted by molar-refractivity contribution is 1.12. The second kappa shape index (κ2) is 3.29. The summed E-state index contributed by atoms with van der Waals surface area (Å²) in [6, 6.07) is 3.95. The van der Waals surface area contributed by atoms with Crippen molar-refractivity contribution in [2.75, 3.05) is 0 Å². The van der Waals surface area contributed by atoms with E-state index in [1.165, 1.54) is 0 Å². The molecule has 0 spiro atoms. The number of hydrogen-bond donors (Lipinski definition) is 0. The van der Waals surface area contributed by atoms with Gasteiger partial charge in [0, 0.05) is 0 Å². The molecule has 4 nitrogen and oxygen atoms in total. The van der Waals surface area contributed by atoms with E-state index in [0.717, 1.165) is 10.7 Å². The Bertz CT molecular complexity index is 602. The van der Waals surface area contributed by atoms with Crippen molar-refractivity contribution in [3.05, 3.63) is 35.1 Å². The van der Waals surface area contributed by atoms with E-state index >= 15 is 0 Å². The minimum Gasteiger partial charge on any atom is -0.262 e. The zero-order valence-corrected chi connectivity index (χ0v) is 9.03. The molecule has 0 saturated carbocycles. The van der Waals surface area contributed by atoms with Crippen molar-refractivity contribution in [2.45, 2.75) is 0 Å². The summed E-state index contributed by atoms with van der Waals surface area (Å²) in [4.78, 5) is 4.99. The third-order valence-corrected chi connectivity index (χ3v) is 3.15. The minimum atomic E-state index is 0.515. The molecule has 0 unspecified atom stereocenters. The van der Waals surface area contributed by atoms with Crippen molar-refractivity contribution in [2.24, 2.45) is 0 Å². The van der Waals surface area contributed by atoms with Crippen LogP contribution in [0.1, 0.15) is 0 Å². The highest BCUT2D eigenvalue weighted by molar-refractivity contribution is 7.13. The van der Waals surface area contributed by atoms with Gasteiger partial charge in [-0.05, 0) is 11.4 Å². The van der Waals surface area contributed by atoms with Gasteiger partial charge in [0.1, 0.15) is 5.15 Å². The zero-order chi connectivity index (χ0) is 10.3. The van der Waals surface area contributed by atoms with E-state index in [4.69, 9.17) is 11.6 Å². The third kappa shape index (κ3) is 1.32. The van der Waals surface area contributed by atoms with Crippen LogP contribution in [-0.4, -0.2) is 19.6 Å². The molecule has 3 aromatic heterocycles. The summed E-state index contributed by atoms with van der Waals surface area (Å²) >= 11 is 7.65. The molecule has 0 radical (unpaired) electrons. The first kappa shape index (κ1) is 8.82. The Balaban J connectivity index is 2.37. The van der Waals surface area contributed by atoms with E-state index < -0.39 is 0 Å². The molecule has 0 aliphatic rings. The lowest BCUT2D eigenvalue weighted by atomic mass is 10.4. The van der Waals surface area contributed by atoms with E-state index in [2.05, 4.69) is 15.2 Å². The Hall–Kier alpha value is -1.46. The Morgan fingerprint density at radius 1 is 1.27 bits per heavy atom. The Morgan fingerprint density at radius 2 is 2.20 bits per heavy atom. The zero-order valence-electron chi connectivity index (χ0n) is 7.46. The SMILES string of the molecule is Clc1cncc2nnc(-c3cccs3)n12. The summed E-state index contributed by atoms with van der Waals surface area (Å²) in [6.45, 7) is 0. The summed E-state index contributed by atoms with van der Waals surface area (Å²) in [5, 5.41) is 10.6. The van der Waals surface area contributed by atoms with E-state index in [0.29, 0.717) is 10.8 Å². The van der Waals surface area contributed by atoms with Gasteiger partial charge >= 0.3 is 0 Å². The largest absolute Gasteiger partial charge is 0.262 e. The number of hydrogen-bond acceptors (Lipinski definition) is 4. The molecule has 0 atom stereocenters. The number of aromatic nitrogens is 4. The predicted octanol–water partition coefficient (Wildman–Crippen LogP) is 2.51. The van der Waals surface area contributed by atoms with Gasteiger partial charge in [0.15, 0.2) is 11.5 Å². The molecule has 3 heterocycles. The quantitative estimate of drug-likeness (QED) is 0.652. The standard InChI is InChI=1S/C9H5ClN4S/c10-7-4-11-5-8-12-13-9(14(7)8)6-2-1-3-15-6/h1-5H. The van der Waals surface area contributed by atoms with Gasteiger partial charge in [0.05, 0.1) is 17.3 Å². The normalized spacial score (nSPS) is 11.0. The number of thiophene rings is 1. The fraction of sp³-hybridized carbons (Fsp3) is 0.